The fourth-order valence-corrected chi connectivity index (χ4v) is 2.29. The quantitative estimate of drug-likeness (QED) is 0.853. The Morgan fingerprint density at radius 2 is 2.21 bits per heavy atom. The van der Waals surface area contributed by atoms with Crippen LogP contribution >= 0.6 is 11.6 Å². The number of hydrogen-bond donors (Lipinski definition) is 2. The van der Waals surface area contributed by atoms with E-state index < -0.39 is 17.9 Å². The van der Waals surface area contributed by atoms with Crippen molar-refractivity contribution >= 4 is 29.2 Å². The number of nitrogens with two attached hydrogens (primary N) is 1. The van der Waals surface area contributed by atoms with Gasteiger partial charge in [-0.1, -0.05) is 11.6 Å². The third-order valence-corrected chi connectivity index (χ3v) is 3.26. The molecule has 1 aliphatic rings. The smallest absolute Gasteiger partial charge is 0.335 e. The van der Waals surface area contributed by atoms with E-state index in [1.54, 1.807) is 11.0 Å². The van der Waals surface area contributed by atoms with Gasteiger partial charge in [-0.25, -0.2) is 4.79 Å². The van der Waals surface area contributed by atoms with Crippen LogP contribution in [0.1, 0.15) is 10.4 Å². The lowest BCUT2D eigenvalue weighted by Gasteiger charge is -2.35. The monoisotopic (exact) mass is 284 g/mol. The van der Waals surface area contributed by atoms with Crippen molar-refractivity contribution in [1.82, 2.24) is 0 Å². The second-order valence-electron chi connectivity index (χ2n) is 4.16. The molecular formula is C12H13ClN2O4. The van der Waals surface area contributed by atoms with Gasteiger partial charge in [0, 0.05) is 6.54 Å². The van der Waals surface area contributed by atoms with E-state index >= 15 is 0 Å². The van der Waals surface area contributed by atoms with E-state index in [0.29, 0.717) is 18.8 Å². The predicted molar refractivity (Wildman–Crippen MR) is 69.6 cm³/mol. The summed E-state index contributed by atoms with van der Waals surface area (Å²) in [7, 11) is 0. The zero-order valence-corrected chi connectivity index (χ0v) is 10.8. The average Bonchev–Trinajstić information content (AvgIpc) is 2.38. The Balaban J connectivity index is 2.34. The van der Waals surface area contributed by atoms with E-state index in [0.717, 1.165) is 0 Å². The standard InChI is InChI=1S/C12H13ClN2O4/c13-8-5-7(12(17)18)1-2-9(8)15-3-4-19-6-10(15)11(14)16/h1-2,5,10H,3-4,6H2,(H2,14,16)(H,17,18). The Morgan fingerprint density at radius 3 is 2.79 bits per heavy atom. The number of morpholine rings is 1. The summed E-state index contributed by atoms with van der Waals surface area (Å²) in [5.74, 6) is -1.56. The lowest BCUT2D eigenvalue weighted by Crippen LogP contribution is -2.52. The summed E-state index contributed by atoms with van der Waals surface area (Å²) in [5, 5.41) is 9.16. The summed E-state index contributed by atoms with van der Waals surface area (Å²) in [4.78, 5) is 24.0. The number of halogens is 1. The first-order chi connectivity index (χ1) is 9.00. The molecule has 102 valence electrons. The maximum absolute atomic E-state index is 11.4. The minimum Gasteiger partial charge on any atom is -0.478 e. The molecule has 2 rings (SSSR count). The summed E-state index contributed by atoms with van der Waals surface area (Å²) < 4.78 is 5.22. The largest absolute Gasteiger partial charge is 0.478 e. The molecular weight excluding hydrogens is 272 g/mol. The topological polar surface area (TPSA) is 92.9 Å². The van der Waals surface area contributed by atoms with Crippen molar-refractivity contribution in [2.45, 2.75) is 6.04 Å². The summed E-state index contributed by atoms with van der Waals surface area (Å²) >= 11 is 6.08. The predicted octanol–water partition coefficient (Wildman–Crippen LogP) is 0.729. The van der Waals surface area contributed by atoms with Crippen molar-refractivity contribution in [3.63, 3.8) is 0 Å². The number of amides is 1. The molecule has 0 bridgehead atoms. The number of carboxylic acid groups (broad SMARTS) is 1. The molecule has 0 aliphatic carbocycles. The molecule has 1 fully saturated rings. The van der Waals surface area contributed by atoms with Gasteiger partial charge >= 0.3 is 5.97 Å². The first-order valence-corrected chi connectivity index (χ1v) is 6.05. The van der Waals surface area contributed by atoms with Crippen LogP contribution in [0.2, 0.25) is 5.02 Å². The molecule has 1 atom stereocenters. The van der Waals surface area contributed by atoms with Gasteiger partial charge in [0.1, 0.15) is 6.04 Å². The number of aromatic carboxylic acids is 1. The van der Waals surface area contributed by atoms with Crippen molar-refractivity contribution < 1.29 is 19.4 Å². The zero-order valence-electron chi connectivity index (χ0n) is 10.0. The highest BCUT2D eigenvalue weighted by atomic mass is 35.5. The normalized spacial score (nSPS) is 19.2. The van der Waals surface area contributed by atoms with Gasteiger partial charge in [0.05, 0.1) is 29.5 Å². The number of carbonyl (C=O) groups is 2. The molecule has 0 spiro atoms. The van der Waals surface area contributed by atoms with Crippen molar-refractivity contribution in [3.8, 4) is 0 Å². The number of carbonyl (C=O) groups excluding carboxylic acids is 1. The van der Waals surface area contributed by atoms with Gasteiger partial charge in [-0.3, -0.25) is 4.79 Å². The Bertz CT molecular complexity index is 520. The number of benzene rings is 1. The van der Waals surface area contributed by atoms with E-state index in [1.165, 1.54) is 12.1 Å². The van der Waals surface area contributed by atoms with Gasteiger partial charge in [-0.2, -0.15) is 0 Å². The number of primary amides is 1. The van der Waals surface area contributed by atoms with Crippen LogP contribution in [-0.4, -0.2) is 42.8 Å². The van der Waals surface area contributed by atoms with E-state index in [-0.39, 0.29) is 17.2 Å². The van der Waals surface area contributed by atoms with Crippen LogP contribution in [-0.2, 0) is 9.53 Å². The summed E-state index contributed by atoms with van der Waals surface area (Å²) in [6, 6.07) is 3.78. The molecule has 1 saturated heterocycles. The average molecular weight is 285 g/mol. The minimum absolute atomic E-state index is 0.0950. The Labute approximate surface area is 114 Å². The number of anilines is 1. The SMILES string of the molecule is NC(=O)C1COCCN1c1ccc(C(=O)O)cc1Cl. The molecule has 1 amide bonds. The van der Waals surface area contributed by atoms with Gasteiger partial charge in [-0.05, 0) is 18.2 Å². The van der Waals surface area contributed by atoms with Crippen LogP contribution in [0.15, 0.2) is 18.2 Å². The maximum Gasteiger partial charge on any atom is 0.335 e. The highest BCUT2D eigenvalue weighted by Gasteiger charge is 2.29. The molecule has 1 unspecified atom stereocenters. The van der Waals surface area contributed by atoms with E-state index in [9.17, 15) is 9.59 Å². The third kappa shape index (κ3) is 2.80. The Morgan fingerprint density at radius 1 is 1.47 bits per heavy atom. The number of carboxylic acids is 1. The summed E-state index contributed by atoms with van der Waals surface area (Å²) in [6.45, 7) is 1.13. The first kappa shape index (κ1) is 13.6. The second-order valence-corrected chi connectivity index (χ2v) is 4.57. The van der Waals surface area contributed by atoms with Crippen LogP contribution in [0.25, 0.3) is 0 Å². The van der Waals surface area contributed by atoms with Crippen molar-refractivity contribution in [1.29, 1.82) is 0 Å². The summed E-state index contributed by atoms with van der Waals surface area (Å²) in [5.41, 5.74) is 6.00. The van der Waals surface area contributed by atoms with Gasteiger partial charge in [-0.15, -0.1) is 0 Å². The number of hydrogen-bond acceptors (Lipinski definition) is 4. The molecule has 1 aromatic carbocycles. The Hall–Kier alpha value is -1.79. The van der Waals surface area contributed by atoms with Gasteiger partial charge in [0.15, 0.2) is 0 Å². The van der Waals surface area contributed by atoms with E-state index in [4.69, 9.17) is 27.2 Å². The van der Waals surface area contributed by atoms with Crippen LogP contribution in [0, 0.1) is 0 Å². The minimum atomic E-state index is -1.05. The molecule has 1 aliphatic heterocycles. The fourth-order valence-electron chi connectivity index (χ4n) is 2.00. The summed E-state index contributed by atoms with van der Waals surface area (Å²) in [6.07, 6.45) is 0. The van der Waals surface area contributed by atoms with Crippen LogP contribution in [0.5, 0.6) is 0 Å². The first-order valence-electron chi connectivity index (χ1n) is 5.67. The molecule has 7 heteroatoms. The van der Waals surface area contributed by atoms with Crippen molar-refractivity contribution in [3.05, 3.63) is 28.8 Å². The Kier molecular flexibility index (Phi) is 3.92. The molecule has 0 aromatic heterocycles. The zero-order chi connectivity index (χ0) is 14.0. The number of nitrogens with zero attached hydrogens (tertiary/aromatic N) is 1. The third-order valence-electron chi connectivity index (χ3n) is 2.96. The lowest BCUT2D eigenvalue weighted by molar-refractivity contribution is -0.121. The lowest BCUT2D eigenvalue weighted by atomic mass is 10.1. The maximum atomic E-state index is 11.4. The van der Waals surface area contributed by atoms with Gasteiger partial charge < -0.3 is 20.5 Å². The molecule has 19 heavy (non-hydrogen) atoms. The van der Waals surface area contributed by atoms with E-state index in [2.05, 4.69) is 0 Å². The van der Waals surface area contributed by atoms with Crippen molar-refractivity contribution in [2.24, 2.45) is 5.73 Å². The molecule has 1 aromatic rings. The molecule has 3 N–H and O–H groups in total. The highest BCUT2D eigenvalue weighted by Crippen LogP contribution is 2.29. The van der Waals surface area contributed by atoms with Gasteiger partial charge in [0.2, 0.25) is 5.91 Å². The van der Waals surface area contributed by atoms with Crippen LogP contribution in [0.3, 0.4) is 0 Å². The van der Waals surface area contributed by atoms with E-state index in [1.807, 2.05) is 0 Å². The van der Waals surface area contributed by atoms with Crippen LogP contribution < -0.4 is 10.6 Å². The molecule has 1 heterocycles. The second kappa shape index (κ2) is 5.46. The molecule has 0 radical (unpaired) electrons. The molecule has 0 saturated carbocycles. The van der Waals surface area contributed by atoms with Crippen LogP contribution in [0.4, 0.5) is 5.69 Å². The molecule has 6 nitrogen and oxygen atoms in total. The number of rotatable bonds is 3. The fraction of sp³-hybridized carbons (Fsp3) is 0.333. The van der Waals surface area contributed by atoms with Crippen molar-refractivity contribution in [2.75, 3.05) is 24.7 Å². The highest BCUT2D eigenvalue weighted by molar-refractivity contribution is 6.33. The number of ether oxygens (including phenoxy) is 1. The van der Waals surface area contributed by atoms with Gasteiger partial charge in [0.25, 0.3) is 0 Å².